The molecule has 1 N–H and O–H groups in total. The Balaban J connectivity index is 1.32. The van der Waals surface area contributed by atoms with Gasteiger partial charge in [0.1, 0.15) is 17.4 Å². The van der Waals surface area contributed by atoms with Crippen molar-refractivity contribution < 1.29 is 9.21 Å². The molecular weight excluding hydrogens is 342 g/mol. The van der Waals surface area contributed by atoms with E-state index in [1.165, 1.54) is 0 Å². The van der Waals surface area contributed by atoms with Gasteiger partial charge < -0.3 is 19.5 Å². The van der Waals surface area contributed by atoms with Crippen molar-refractivity contribution in [1.29, 1.82) is 0 Å². The van der Waals surface area contributed by atoms with Gasteiger partial charge in [0, 0.05) is 38.6 Å². The Morgan fingerprint density at radius 3 is 2.33 bits per heavy atom. The summed E-state index contributed by atoms with van der Waals surface area (Å²) in [5.74, 6) is 2.45. The highest BCUT2D eigenvalue weighted by molar-refractivity contribution is 5.93. The third-order valence-electron chi connectivity index (χ3n) is 4.59. The van der Waals surface area contributed by atoms with E-state index in [0.717, 1.165) is 43.6 Å². The lowest BCUT2D eigenvalue weighted by atomic mass is 10.2. The molecule has 0 saturated carbocycles. The number of pyridine rings is 2. The molecule has 1 aliphatic heterocycles. The maximum Gasteiger partial charge on any atom is 0.253 e. The number of nitrogens with zero attached hydrogens (tertiary/aromatic N) is 4. The highest BCUT2D eigenvalue weighted by Gasteiger charge is 2.19. The fourth-order valence-corrected chi connectivity index (χ4v) is 3.10. The summed E-state index contributed by atoms with van der Waals surface area (Å²) in [5, 5.41) is 2.82. The molecule has 7 nitrogen and oxygen atoms in total. The van der Waals surface area contributed by atoms with Gasteiger partial charge >= 0.3 is 0 Å². The minimum atomic E-state index is -0.162. The summed E-state index contributed by atoms with van der Waals surface area (Å²) in [6.07, 6.45) is 5.03. The van der Waals surface area contributed by atoms with Crippen LogP contribution in [0.2, 0.25) is 0 Å². The summed E-state index contributed by atoms with van der Waals surface area (Å²) >= 11 is 0. The zero-order valence-corrected chi connectivity index (χ0v) is 14.9. The molecule has 7 heteroatoms. The summed E-state index contributed by atoms with van der Waals surface area (Å²) in [7, 11) is 0. The maximum absolute atomic E-state index is 12.2. The number of aromatic nitrogens is 2. The Hall–Kier alpha value is -3.35. The van der Waals surface area contributed by atoms with Crippen LogP contribution >= 0.6 is 0 Å². The van der Waals surface area contributed by atoms with Gasteiger partial charge in [-0.3, -0.25) is 4.79 Å². The molecule has 0 bridgehead atoms. The van der Waals surface area contributed by atoms with E-state index in [1.807, 2.05) is 42.6 Å². The van der Waals surface area contributed by atoms with E-state index >= 15 is 0 Å². The first-order chi connectivity index (χ1) is 13.3. The van der Waals surface area contributed by atoms with Gasteiger partial charge in [-0.15, -0.1) is 0 Å². The Morgan fingerprint density at radius 1 is 0.963 bits per heavy atom. The van der Waals surface area contributed by atoms with E-state index in [4.69, 9.17) is 4.42 Å². The Bertz CT molecular complexity index is 857. The van der Waals surface area contributed by atoms with E-state index in [-0.39, 0.29) is 5.91 Å². The first-order valence-electron chi connectivity index (χ1n) is 8.97. The smallest absolute Gasteiger partial charge is 0.253 e. The van der Waals surface area contributed by atoms with Crippen LogP contribution in [0.25, 0.3) is 0 Å². The Morgan fingerprint density at radius 2 is 1.74 bits per heavy atom. The van der Waals surface area contributed by atoms with Crippen LogP contribution in [0.4, 0.5) is 11.6 Å². The molecule has 0 unspecified atom stereocenters. The second-order valence-electron chi connectivity index (χ2n) is 6.33. The largest absolute Gasteiger partial charge is 0.467 e. The van der Waals surface area contributed by atoms with Crippen molar-refractivity contribution in [2.75, 3.05) is 36.0 Å². The summed E-state index contributed by atoms with van der Waals surface area (Å²) in [4.78, 5) is 25.6. The first-order valence-corrected chi connectivity index (χ1v) is 8.97. The van der Waals surface area contributed by atoms with Gasteiger partial charge in [-0.05, 0) is 36.4 Å². The number of hydrogen-bond acceptors (Lipinski definition) is 6. The molecule has 0 atom stereocenters. The van der Waals surface area contributed by atoms with E-state index < -0.39 is 0 Å². The lowest BCUT2D eigenvalue weighted by molar-refractivity contribution is 0.0947. The molecule has 138 valence electrons. The number of anilines is 2. The molecule has 3 aromatic heterocycles. The van der Waals surface area contributed by atoms with Gasteiger partial charge in [-0.2, -0.15) is 0 Å². The van der Waals surface area contributed by atoms with Gasteiger partial charge in [0.15, 0.2) is 0 Å². The highest BCUT2D eigenvalue weighted by atomic mass is 16.3. The lowest BCUT2D eigenvalue weighted by Crippen LogP contribution is -2.47. The minimum Gasteiger partial charge on any atom is -0.467 e. The zero-order valence-electron chi connectivity index (χ0n) is 14.9. The molecule has 3 aromatic rings. The zero-order chi connectivity index (χ0) is 18.5. The van der Waals surface area contributed by atoms with Gasteiger partial charge in [-0.1, -0.05) is 6.07 Å². The van der Waals surface area contributed by atoms with Crippen LogP contribution in [-0.4, -0.2) is 42.1 Å². The van der Waals surface area contributed by atoms with Crippen molar-refractivity contribution >= 4 is 17.5 Å². The monoisotopic (exact) mass is 363 g/mol. The quantitative estimate of drug-likeness (QED) is 0.750. The Labute approximate surface area is 157 Å². The van der Waals surface area contributed by atoms with Crippen LogP contribution in [0.3, 0.4) is 0 Å². The fourth-order valence-electron chi connectivity index (χ4n) is 3.10. The summed E-state index contributed by atoms with van der Waals surface area (Å²) < 4.78 is 5.21. The van der Waals surface area contributed by atoms with Crippen LogP contribution in [0, 0.1) is 0 Å². The number of piperazine rings is 1. The second-order valence-corrected chi connectivity index (χ2v) is 6.33. The number of rotatable bonds is 5. The Kier molecular flexibility index (Phi) is 5.00. The summed E-state index contributed by atoms with van der Waals surface area (Å²) in [6.45, 7) is 3.89. The average Bonchev–Trinajstić information content (AvgIpc) is 3.27. The van der Waals surface area contributed by atoms with Crippen molar-refractivity contribution in [2.45, 2.75) is 6.54 Å². The molecular formula is C20H21N5O2. The highest BCUT2D eigenvalue weighted by Crippen LogP contribution is 2.17. The second kappa shape index (κ2) is 7.90. The van der Waals surface area contributed by atoms with Crippen LogP contribution in [0.1, 0.15) is 16.1 Å². The van der Waals surface area contributed by atoms with Crippen molar-refractivity contribution in [2.24, 2.45) is 0 Å². The average molecular weight is 363 g/mol. The number of amides is 1. The molecule has 4 rings (SSSR count). The topological polar surface area (TPSA) is 74.5 Å². The lowest BCUT2D eigenvalue weighted by Gasteiger charge is -2.36. The molecule has 1 saturated heterocycles. The number of carbonyl (C=O) groups is 1. The summed E-state index contributed by atoms with van der Waals surface area (Å²) in [5.41, 5.74) is 0.539. The molecule has 0 spiro atoms. The molecule has 4 heterocycles. The van der Waals surface area contributed by atoms with Gasteiger partial charge in [0.25, 0.3) is 5.91 Å². The predicted molar refractivity (Wildman–Crippen MR) is 103 cm³/mol. The minimum absolute atomic E-state index is 0.162. The predicted octanol–water partition coefficient (Wildman–Crippen LogP) is 2.33. The molecule has 1 fully saturated rings. The van der Waals surface area contributed by atoms with Gasteiger partial charge in [0.05, 0.1) is 18.4 Å². The van der Waals surface area contributed by atoms with Gasteiger partial charge in [-0.25, -0.2) is 9.97 Å². The summed E-state index contributed by atoms with van der Waals surface area (Å²) in [6, 6.07) is 13.3. The van der Waals surface area contributed by atoms with Crippen LogP contribution in [0.15, 0.2) is 65.5 Å². The standard InChI is InChI=1S/C20H21N5O2/c26-20(23-15-17-4-3-13-27-17)16-6-7-19(22-14-16)25-11-9-24(10-12-25)18-5-1-2-8-21-18/h1-8,13-14H,9-12,15H2,(H,23,26). The van der Waals surface area contributed by atoms with E-state index in [0.29, 0.717) is 12.1 Å². The normalized spacial score (nSPS) is 14.2. The van der Waals surface area contributed by atoms with Crippen molar-refractivity contribution in [3.05, 3.63) is 72.4 Å². The van der Waals surface area contributed by atoms with E-state index in [1.54, 1.807) is 18.5 Å². The number of hydrogen-bond donors (Lipinski definition) is 1. The molecule has 1 aliphatic rings. The number of furan rings is 1. The van der Waals surface area contributed by atoms with Gasteiger partial charge in [0.2, 0.25) is 0 Å². The van der Waals surface area contributed by atoms with Crippen molar-refractivity contribution in [3.63, 3.8) is 0 Å². The fraction of sp³-hybridized carbons (Fsp3) is 0.250. The van der Waals surface area contributed by atoms with Crippen LogP contribution in [0.5, 0.6) is 0 Å². The van der Waals surface area contributed by atoms with E-state index in [9.17, 15) is 4.79 Å². The molecule has 1 amide bonds. The number of carbonyl (C=O) groups excluding carboxylic acids is 1. The van der Waals surface area contributed by atoms with Crippen molar-refractivity contribution in [1.82, 2.24) is 15.3 Å². The molecule has 27 heavy (non-hydrogen) atoms. The maximum atomic E-state index is 12.2. The first kappa shape index (κ1) is 17.1. The molecule has 0 aromatic carbocycles. The SMILES string of the molecule is O=C(NCc1ccco1)c1ccc(N2CCN(c3ccccn3)CC2)nc1. The van der Waals surface area contributed by atoms with Crippen LogP contribution < -0.4 is 15.1 Å². The number of nitrogens with one attached hydrogen (secondary N) is 1. The molecule has 0 aliphatic carbocycles. The van der Waals surface area contributed by atoms with Crippen molar-refractivity contribution in [3.8, 4) is 0 Å². The van der Waals surface area contributed by atoms with E-state index in [2.05, 4.69) is 25.1 Å². The third kappa shape index (κ3) is 4.08. The molecule has 0 radical (unpaired) electrons. The van der Waals surface area contributed by atoms with Crippen LogP contribution in [-0.2, 0) is 6.54 Å². The third-order valence-corrected chi connectivity index (χ3v) is 4.59.